The summed E-state index contributed by atoms with van der Waals surface area (Å²) >= 11 is 0. The van der Waals surface area contributed by atoms with E-state index in [0.29, 0.717) is 23.6 Å². The molecule has 7 nitrogen and oxygen atoms in total. The molecule has 0 saturated carbocycles. The maximum absolute atomic E-state index is 14.2. The van der Waals surface area contributed by atoms with E-state index in [1.807, 2.05) is 0 Å². The second kappa shape index (κ2) is 10.0. The van der Waals surface area contributed by atoms with E-state index in [9.17, 15) is 30.8 Å². The average Bonchev–Trinajstić information content (AvgIpc) is 3.25. The van der Waals surface area contributed by atoms with Crippen molar-refractivity contribution in [2.24, 2.45) is 0 Å². The van der Waals surface area contributed by atoms with Crippen molar-refractivity contribution in [2.75, 3.05) is 6.54 Å². The first-order chi connectivity index (χ1) is 16.9. The number of carbonyl (C=O) groups excluding carboxylic acids is 1. The first-order valence-electron chi connectivity index (χ1n) is 11.0. The lowest BCUT2D eigenvalue weighted by Crippen LogP contribution is -2.40. The highest BCUT2D eigenvalue weighted by atomic mass is 32.2. The van der Waals surface area contributed by atoms with Gasteiger partial charge in [-0.15, -0.1) is 0 Å². The molecule has 0 amide bonds. The number of aryl methyl sites for hydroxylation is 1. The topological polar surface area (TPSA) is 93.1 Å². The van der Waals surface area contributed by atoms with Crippen molar-refractivity contribution in [1.82, 2.24) is 19.3 Å². The predicted molar refractivity (Wildman–Crippen MR) is 122 cm³/mol. The first-order valence-corrected chi connectivity index (χ1v) is 12.5. The van der Waals surface area contributed by atoms with Crippen LogP contribution in [-0.2, 0) is 27.2 Å². The number of rotatable bonds is 8. The number of carbonyl (C=O) groups is 1. The molecule has 2 atom stereocenters. The minimum atomic E-state index is -4.20. The lowest BCUT2D eigenvalue weighted by Gasteiger charge is -2.22. The van der Waals surface area contributed by atoms with Crippen LogP contribution in [-0.4, -0.2) is 52.2 Å². The number of sulfonamides is 1. The number of benzene rings is 1. The lowest BCUT2D eigenvalue weighted by molar-refractivity contribution is -0.122. The SMILES string of the molecule is CC(F)(F)c1ncc(-c2cncc(CCC(=O)[C@@H]3C[C@@H](F)CN3S(=O)(=O)c3ccc(F)cc3)c2)cn1. The smallest absolute Gasteiger partial charge is 0.298 e. The van der Waals surface area contributed by atoms with Crippen molar-refractivity contribution in [3.05, 3.63) is 72.3 Å². The molecule has 0 spiro atoms. The fraction of sp³-hybridized carbons (Fsp3) is 0.333. The molecule has 0 radical (unpaired) electrons. The second-order valence-electron chi connectivity index (χ2n) is 8.61. The molecule has 3 heterocycles. The summed E-state index contributed by atoms with van der Waals surface area (Å²) in [5.74, 6) is -4.85. The number of nitrogens with zero attached hydrogens (tertiary/aromatic N) is 4. The van der Waals surface area contributed by atoms with Gasteiger partial charge in [-0.1, -0.05) is 0 Å². The Kier molecular flexibility index (Phi) is 7.19. The summed E-state index contributed by atoms with van der Waals surface area (Å²) in [6, 6.07) is 4.64. The van der Waals surface area contributed by atoms with E-state index in [1.165, 1.54) is 24.8 Å². The highest BCUT2D eigenvalue weighted by Gasteiger charge is 2.43. The summed E-state index contributed by atoms with van der Waals surface area (Å²) in [6.07, 6.45) is 3.88. The Hall–Kier alpha value is -3.25. The van der Waals surface area contributed by atoms with Crippen molar-refractivity contribution in [3.8, 4) is 11.1 Å². The zero-order valence-corrected chi connectivity index (χ0v) is 19.9. The van der Waals surface area contributed by atoms with E-state index in [-0.39, 0.29) is 24.2 Å². The molecule has 36 heavy (non-hydrogen) atoms. The van der Waals surface area contributed by atoms with Crippen molar-refractivity contribution in [3.63, 3.8) is 0 Å². The van der Waals surface area contributed by atoms with Crippen LogP contribution in [0.2, 0.25) is 0 Å². The molecular weight excluding hydrogens is 500 g/mol. The van der Waals surface area contributed by atoms with Crippen molar-refractivity contribution >= 4 is 15.8 Å². The van der Waals surface area contributed by atoms with E-state index in [0.717, 1.165) is 28.6 Å². The van der Waals surface area contributed by atoms with Crippen LogP contribution in [0.25, 0.3) is 11.1 Å². The number of hydrogen-bond acceptors (Lipinski definition) is 6. The molecular formula is C24H22F4N4O3S. The van der Waals surface area contributed by atoms with Gasteiger partial charge in [0, 0.05) is 62.2 Å². The number of aromatic nitrogens is 3. The maximum Gasteiger partial charge on any atom is 0.303 e. The lowest BCUT2D eigenvalue weighted by atomic mass is 10.0. The normalized spacial score (nSPS) is 18.9. The van der Waals surface area contributed by atoms with E-state index < -0.39 is 52.1 Å². The summed E-state index contributed by atoms with van der Waals surface area (Å²) in [4.78, 5) is 24.2. The Bertz CT molecular complexity index is 1350. The van der Waals surface area contributed by atoms with Crippen LogP contribution in [0.1, 0.15) is 31.2 Å². The molecule has 190 valence electrons. The van der Waals surface area contributed by atoms with Crippen LogP contribution in [0, 0.1) is 5.82 Å². The van der Waals surface area contributed by atoms with Gasteiger partial charge in [-0.2, -0.15) is 13.1 Å². The van der Waals surface area contributed by atoms with Crippen LogP contribution in [0.3, 0.4) is 0 Å². The third-order valence-corrected chi connectivity index (χ3v) is 7.72. The summed E-state index contributed by atoms with van der Waals surface area (Å²) in [5, 5.41) is 0. The van der Waals surface area contributed by atoms with Crippen LogP contribution in [0.5, 0.6) is 0 Å². The van der Waals surface area contributed by atoms with Crippen LogP contribution in [0.15, 0.2) is 60.0 Å². The number of hydrogen-bond donors (Lipinski definition) is 0. The van der Waals surface area contributed by atoms with Gasteiger partial charge < -0.3 is 0 Å². The molecule has 0 aliphatic carbocycles. The van der Waals surface area contributed by atoms with Crippen LogP contribution >= 0.6 is 0 Å². The molecule has 0 bridgehead atoms. The van der Waals surface area contributed by atoms with Gasteiger partial charge in [-0.3, -0.25) is 9.78 Å². The molecule has 12 heteroatoms. The van der Waals surface area contributed by atoms with Gasteiger partial charge >= 0.3 is 5.92 Å². The van der Waals surface area contributed by atoms with E-state index in [4.69, 9.17) is 0 Å². The number of pyridine rings is 1. The minimum Gasteiger partial charge on any atom is -0.298 e. The highest BCUT2D eigenvalue weighted by molar-refractivity contribution is 7.89. The monoisotopic (exact) mass is 522 g/mol. The Morgan fingerprint density at radius 1 is 1.08 bits per heavy atom. The summed E-state index contributed by atoms with van der Waals surface area (Å²) in [5.41, 5.74) is 1.64. The Balaban J connectivity index is 1.46. The average molecular weight is 523 g/mol. The first kappa shape index (κ1) is 25.8. The van der Waals surface area contributed by atoms with E-state index in [1.54, 1.807) is 6.07 Å². The van der Waals surface area contributed by atoms with E-state index >= 15 is 0 Å². The Labute approximate surface area is 205 Å². The fourth-order valence-electron chi connectivity index (χ4n) is 3.98. The molecule has 0 unspecified atom stereocenters. The quantitative estimate of drug-likeness (QED) is 0.414. The molecule has 2 aromatic heterocycles. The van der Waals surface area contributed by atoms with Gasteiger partial charge in [0.25, 0.3) is 0 Å². The van der Waals surface area contributed by atoms with Crippen LogP contribution in [0.4, 0.5) is 17.6 Å². The Morgan fingerprint density at radius 2 is 1.75 bits per heavy atom. The minimum absolute atomic E-state index is 0.0740. The van der Waals surface area contributed by atoms with Crippen LogP contribution < -0.4 is 0 Å². The zero-order valence-electron chi connectivity index (χ0n) is 19.1. The van der Waals surface area contributed by atoms with Gasteiger partial charge in [-0.05, 0) is 42.3 Å². The van der Waals surface area contributed by atoms with Gasteiger partial charge in [0.05, 0.1) is 10.9 Å². The highest BCUT2D eigenvalue weighted by Crippen LogP contribution is 2.30. The molecule has 1 fully saturated rings. The van der Waals surface area contributed by atoms with Crippen molar-refractivity contribution in [1.29, 1.82) is 0 Å². The molecule has 1 aromatic carbocycles. The second-order valence-corrected chi connectivity index (χ2v) is 10.5. The molecule has 1 saturated heterocycles. The third kappa shape index (κ3) is 5.59. The molecule has 4 rings (SSSR count). The Morgan fingerprint density at radius 3 is 2.39 bits per heavy atom. The number of ketones is 1. The standard InChI is InChI=1S/C24H22F4N4O3S/c1-24(27,28)23-30-12-17(13-31-23)16-8-15(10-29-11-16)2-7-22(33)21-9-19(26)14-32(21)36(34,35)20-5-3-18(25)4-6-20/h3-6,8,10-13,19,21H,2,7,9,14H2,1H3/t19-,21+/m1/s1. The van der Waals surface area contributed by atoms with E-state index in [2.05, 4.69) is 15.0 Å². The molecule has 1 aliphatic heterocycles. The zero-order chi connectivity index (χ0) is 26.1. The van der Waals surface area contributed by atoms with Crippen molar-refractivity contribution in [2.45, 2.75) is 49.2 Å². The maximum atomic E-state index is 14.2. The van der Waals surface area contributed by atoms with Crippen molar-refractivity contribution < 1.29 is 30.8 Å². The molecule has 3 aromatic rings. The number of alkyl halides is 3. The molecule has 0 N–H and O–H groups in total. The van der Waals surface area contributed by atoms with Gasteiger partial charge in [0.2, 0.25) is 10.0 Å². The van der Waals surface area contributed by atoms with Gasteiger partial charge in [0.15, 0.2) is 11.6 Å². The van der Waals surface area contributed by atoms with Gasteiger partial charge in [0.1, 0.15) is 12.0 Å². The summed E-state index contributed by atoms with van der Waals surface area (Å²) in [6.45, 7) is 0.239. The van der Waals surface area contributed by atoms with Gasteiger partial charge in [-0.25, -0.2) is 27.2 Å². The largest absolute Gasteiger partial charge is 0.303 e. The predicted octanol–water partition coefficient (Wildman–Crippen LogP) is 4.09. The summed E-state index contributed by atoms with van der Waals surface area (Å²) < 4.78 is 80.9. The fourth-order valence-corrected chi connectivity index (χ4v) is 5.62. The third-order valence-electron chi connectivity index (χ3n) is 5.83. The number of Topliss-reactive ketones (excluding diaryl/α,β-unsaturated/α-hetero) is 1. The summed E-state index contributed by atoms with van der Waals surface area (Å²) in [7, 11) is -4.20. The number of halogens is 4. The molecule has 1 aliphatic rings.